The zero-order valence-electron chi connectivity index (χ0n) is 9.77. The predicted octanol–water partition coefficient (Wildman–Crippen LogP) is 3.16. The first kappa shape index (κ1) is 10.8. The highest BCUT2D eigenvalue weighted by molar-refractivity contribution is 6.12. The summed E-state index contributed by atoms with van der Waals surface area (Å²) in [6.45, 7) is 0. The Morgan fingerprint density at radius 3 is 2.72 bits per heavy atom. The van der Waals surface area contributed by atoms with Crippen LogP contribution < -0.4 is 10.2 Å². The molecule has 0 aliphatic carbocycles. The number of benzene rings is 2. The SMILES string of the molecule is CN1c2ccc(F)cc2NC(=O)c2ccccc21. The molecule has 2 aromatic rings. The molecule has 2 aromatic carbocycles. The van der Waals surface area contributed by atoms with Crippen LogP contribution >= 0.6 is 0 Å². The van der Waals surface area contributed by atoms with E-state index in [0.29, 0.717) is 11.3 Å². The van der Waals surface area contributed by atoms with Crippen LogP contribution in [0.5, 0.6) is 0 Å². The van der Waals surface area contributed by atoms with E-state index in [9.17, 15) is 9.18 Å². The van der Waals surface area contributed by atoms with Crippen molar-refractivity contribution in [3.63, 3.8) is 0 Å². The Kier molecular flexibility index (Phi) is 2.30. The van der Waals surface area contributed by atoms with Gasteiger partial charge in [-0.15, -0.1) is 0 Å². The van der Waals surface area contributed by atoms with Crippen molar-refractivity contribution in [1.29, 1.82) is 0 Å². The van der Waals surface area contributed by atoms with Crippen molar-refractivity contribution >= 4 is 23.0 Å². The van der Waals surface area contributed by atoms with Gasteiger partial charge in [0.1, 0.15) is 5.82 Å². The molecule has 0 atom stereocenters. The molecule has 1 amide bonds. The van der Waals surface area contributed by atoms with Gasteiger partial charge in [-0.05, 0) is 30.3 Å². The number of halogens is 1. The third-order valence-electron chi connectivity index (χ3n) is 3.08. The average Bonchev–Trinajstić information content (AvgIpc) is 2.47. The van der Waals surface area contributed by atoms with E-state index in [0.717, 1.165) is 11.4 Å². The summed E-state index contributed by atoms with van der Waals surface area (Å²) in [6, 6.07) is 11.7. The van der Waals surface area contributed by atoms with Gasteiger partial charge >= 0.3 is 0 Å². The molecular weight excluding hydrogens is 231 g/mol. The lowest BCUT2D eigenvalue weighted by atomic mass is 10.1. The van der Waals surface area contributed by atoms with Gasteiger partial charge in [-0.2, -0.15) is 0 Å². The van der Waals surface area contributed by atoms with E-state index in [1.807, 2.05) is 30.1 Å². The number of rotatable bonds is 0. The minimum Gasteiger partial charge on any atom is -0.342 e. The van der Waals surface area contributed by atoms with Crippen LogP contribution in [0.15, 0.2) is 42.5 Å². The number of anilines is 3. The summed E-state index contributed by atoms with van der Waals surface area (Å²) in [6.07, 6.45) is 0. The van der Waals surface area contributed by atoms with E-state index < -0.39 is 0 Å². The molecule has 90 valence electrons. The molecule has 3 nitrogen and oxygen atoms in total. The predicted molar refractivity (Wildman–Crippen MR) is 68.9 cm³/mol. The molecule has 3 rings (SSSR count). The lowest BCUT2D eigenvalue weighted by Crippen LogP contribution is -2.11. The Morgan fingerprint density at radius 1 is 1.11 bits per heavy atom. The Morgan fingerprint density at radius 2 is 1.89 bits per heavy atom. The van der Waals surface area contributed by atoms with E-state index in [4.69, 9.17) is 0 Å². The summed E-state index contributed by atoms with van der Waals surface area (Å²) < 4.78 is 13.2. The van der Waals surface area contributed by atoms with Crippen molar-refractivity contribution in [2.75, 3.05) is 17.3 Å². The number of carbonyl (C=O) groups excluding carboxylic acids is 1. The van der Waals surface area contributed by atoms with Crippen LogP contribution in [0, 0.1) is 5.82 Å². The monoisotopic (exact) mass is 242 g/mol. The second kappa shape index (κ2) is 3.84. The molecule has 4 heteroatoms. The molecule has 1 aliphatic heterocycles. The topological polar surface area (TPSA) is 32.3 Å². The van der Waals surface area contributed by atoms with Gasteiger partial charge in [0.2, 0.25) is 0 Å². The Labute approximate surface area is 104 Å². The van der Waals surface area contributed by atoms with E-state index in [-0.39, 0.29) is 11.7 Å². The van der Waals surface area contributed by atoms with Crippen LogP contribution in [-0.2, 0) is 0 Å². The summed E-state index contributed by atoms with van der Waals surface area (Å²) in [4.78, 5) is 13.9. The van der Waals surface area contributed by atoms with Crippen LogP contribution in [0.2, 0.25) is 0 Å². The van der Waals surface area contributed by atoms with Gasteiger partial charge in [0.05, 0.1) is 22.6 Å². The maximum atomic E-state index is 13.2. The second-order valence-corrected chi connectivity index (χ2v) is 4.19. The molecule has 1 aliphatic rings. The third-order valence-corrected chi connectivity index (χ3v) is 3.08. The van der Waals surface area contributed by atoms with Crippen LogP contribution in [-0.4, -0.2) is 13.0 Å². The number of hydrogen-bond donors (Lipinski definition) is 1. The summed E-state index contributed by atoms with van der Waals surface area (Å²) in [5.41, 5.74) is 2.64. The van der Waals surface area contributed by atoms with Gasteiger partial charge in [0.25, 0.3) is 5.91 Å². The van der Waals surface area contributed by atoms with Crippen LogP contribution in [0.25, 0.3) is 0 Å². The molecule has 0 bridgehead atoms. The summed E-state index contributed by atoms with van der Waals surface area (Å²) in [5, 5.41) is 2.73. The Bertz CT molecular complexity index is 639. The van der Waals surface area contributed by atoms with Crippen LogP contribution in [0.1, 0.15) is 10.4 Å². The molecule has 0 fully saturated rings. The van der Waals surface area contributed by atoms with Crippen molar-refractivity contribution in [3.8, 4) is 0 Å². The van der Waals surface area contributed by atoms with E-state index >= 15 is 0 Å². The van der Waals surface area contributed by atoms with E-state index in [1.54, 1.807) is 12.1 Å². The molecular formula is C14H11FN2O. The quantitative estimate of drug-likeness (QED) is 0.769. The normalized spacial score (nSPS) is 13.4. The fourth-order valence-electron chi connectivity index (χ4n) is 2.18. The van der Waals surface area contributed by atoms with E-state index in [2.05, 4.69) is 5.32 Å². The maximum absolute atomic E-state index is 13.2. The smallest absolute Gasteiger partial charge is 0.257 e. The van der Waals surface area contributed by atoms with Crippen molar-refractivity contribution in [2.45, 2.75) is 0 Å². The van der Waals surface area contributed by atoms with E-state index in [1.165, 1.54) is 12.1 Å². The zero-order valence-corrected chi connectivity index (χ0v) is 9.77. The summed E-state index contributed by atoms with van der Waals surface area (Å²) in [5.74, 6) is -0.588. The second-order valence-electron chi connectivity index (χ2n) is 4.19. The summed E-state index contributed by atoms with van der Waals surface area (Å²) >= 11 is 0. The molecule has 0 radical (unpaired) electrons. The molecule has 18 heavy (non-hydrogen) atoms. The Hall–Kier alpha value is -2.36. The first-order valence-electron chi connectivity index (χ1n) is 5.60. The van der Waals surface area contributed by atoms with Crippen LogP contribution in [0.4, 0.5) is 21.5 Å². The highest BCUT2D eigenvalue weighted by Gasteiger charge is 2.22. The summed E-state index contributed by atoms with van der Waals surface area (Å²) in [7, 11) is 1.86. The average molecular weight is 242 g/mol. The number of amides is 1. The zero-order chi connectivity index (χ0) is 12.7. The van der Waals surface area contributed by atoms with Crippen LogP contribution in [0.3, 0.4) is 0 Å². The van der Waals surface area contributed by atoms with Crippen molar-refractivity contribution in [3.05, 3.63) is 53.8 Å². The van der Waals surface area contributed by atoms with Crippen molar-refractivity contribution in [1.82, 2.24) is 0 Å². The van der Waals surface area contributed by atoms with Gasteiger partial charge in [-0.3, -0.25) is 4.79 Å². The maximum Gasteiger partial charge on any atom is 0.257 e. The fraction of sp³-hybridized carbons (Fsp3) is 0.0714. The highest BCUT2D eigenvalue weighted by atomic mass is 19.1. The lowest BCUT2D eigenvalue weighted by Gasteiger charge is -2.20. The standard InChI is InChI=1S/C14H11FN2O/c1-17-12-5-3-2-4-10(12)14(18)16-11-8-9(15)6-7-13(11)17/h2-8H,1H3,(H,16,18). The molecule has 1 heterocycles. The number of hydrogen-bond acceptors (Lipinski definition) is 2. The van der Waals surface area contributed by atoms with Crippen molar-refractivity contribution < 1.29 is 9.18 Å². The van der Waals surface area contributed by atoms with Gasteiger partial charge in [0.15, 0.2) is 0 Å². The number of carbonyl (C=O) groups is 1. The highest BCUT2D eigenvalue weighted by Crippen LogP contribution is 2.36. The van der Waals surface area contributed by atoms with Gasteiger partial charge < -0.3 is 10.2 Å². The minimum absolute atomic E-state index is 0.221. The third kappa shape index (κ3) is 1.54. The molecule has 0 saturated carbocycles. The molecule has 0 aromatic heterocycles. The lowest BCUT2D eigenvalue weighted by molar-refractivity contribution is 0.102. The Balaban J connectivity index is 2.24. The van der Waals surface area contributed by atoms with Gasteiger partial charge in [-0.1, -0.05) is 12.1 Å². The largest absolute Gasteiger partial charge is 0.342 e. The minimum atomic E-state index is -0.367. The molecule has 0 saturated heterocycles. The van der Waals surface area contributed by atoms with Gasteiger partial charge in [-0.25, -0.2) is 4.39 Å². The number of nitrogens with zero attached hydrogens (tertiary/aromatic N) is 1. The molecule has 0 unspecified atom stereocenters. The number of para-hydroxylation sites is 1. The fourth-order valence-corrected chi connectivity index (χ4v) is 2.18. The number of nitrogens with one attached hydrogen (secondary N) is 1. The number of fused-ring (bicyclic) bond motifs is 2. The molecule has 1 N–H and O–H groups in total. The first-order valence-corrected chi connectivity index (χ1v) is 5.60. The molecule has 0 spiro atoms. The van der Waals surface area contributed by atoms with Crippen molar-refractivity contribution in [2.24, 2.45) is 0 Å². The van der Waals surface area contributed by atoms with Gasteiger partial charge in [0, 0.05) is 7.05 Å². The first-order chi connectivity index (χ1) is 8.66.